The Morgan fingerprint density at radius 2 is 2.16 bits per heavy atom. The van der Waals surface area contributed by atoms with Gasteiger partial charge in [-0.1, -0.05) is 6.92 Å². The summed E-state index contributed by atoms with van der Waals surface area (Å²) in [5.41, 5.74) is 8.79. The summed E-state index contributed by atoms with van der Waals surface area (Å²) in [5, 5.41) is 0. The summed E-state index contributed by atoms with van der Waals surface area (Å²) in [5.74, 6) is 2.20. The van der Waals surface area contributed by atoms with Crippen LogP contribution >= 0.6 is 11.3 Å². The lowest BCUT2D eigenvalue weighted by molar-refractivity contribution is 0.816. The zero-order valence-electron chi connectivity index (χ0n) is 11.6. The molecule has 2 N–H and O–H groups in total. The number of nitrogen functional groups attached to an aromatic ring is 1. The van der Waals surface area contributed by atoms with E-state index in [0.29, 0.717) is 5.82 Å². The highest BCUT2D eigenvalue weighted by molar-refractivity contribution is 7.09. The van der Waals surface area contributed by atoms with E-state index in [-0.39, 0.29) is 0 Å². The maximum absolute atomic E-state index is 5.84. The summed E-state index contributed by atoms with van der Waals surface area (Å²) in [6, 6.07) is 1.82. The Balaban J connectivity index is 2.18. The molecule has 19 heavy (non-hydrogen) atoms. The molecule has 102 valence electrons. The minimum atomic E-state index is 0.529. The Hall–Kier alpha value is -1.69. The first-order valence-corrected chi connectivity index (χ1v) is 7.21. The van der Waals surface area contributed by atoms with Crippen LogP contribution in [0.4, 0.5) is 11.6 Å². The molecule has 0 aliphatic carbocycles. The van der Waals surface area contributed by atoms with E-state index in [1.807, 2.05) is 25.5 Å². The highest BCUT2D eigenvalue weighted by Crippen LogP contribution is 2.19. The van der Waals surface area contributed by atoms with Gasteiger partial charge in [0.2, 0.25) is 0 Å². The molecule has 0 aliphatic heterocycles. The first-order chi connectivity index (χ1) is 9.10. The Morgan fingerprint density at radius 1 is 1.37 bits per heavy atom. The van der Waals surface area contributed by atoms with E-state index in [1.54, 1.807) is 11.3 Å². The maximum atomic E-state index is 5.84. The van der Waals surface area contributed by atoms with Gasteiger partial charge in [0, 0.05) is 24.4 Å². The third-order valence-corrected chi connectivity index (χ3v) is 3.79. The minimum Gasteiger partial charge on any atom is -0.384 e. The highest BCUT2D eigenvalue weighted by Gasteiger charge is 2.10. The third-order valence-electron chi connectivity index (χ3n) is 2.87. The van der Waals surface area contributed by atoms with E-state index in [2.05, 4.69) is 26.8 Å². The molecule has 2 heterocycles. The van der Waals surface area contributed by atoms with Crippen molar-refractivity contribution in [2.75, 3.05) is 17.7 Å². The number of rotatable bonds is 5. The van der Waals surface area contributed by atoms with E-state index in [1.165, 1.54) is 4.88 Å². The third kappa shape index (κ3) is 3.41. The molecule has 0 radical (unpaired) electrons. The molecule has 0 saturated heterocycles. The van der Waals surface area contributed by atoms with Gasteiger partial charge in [-0.3, -0.25) is 0 Å². The Kier molecular flexibility index (Phi) is 4.31. The summed E-state index contributed by atoms with van der Waals surface area (Å²) < 4.78 is 0. The molecule has 0 bridgehead atoms. The van der Waals surface area contributed by atoms with Crippen LogP contribution in [0.2, 0.25) is 0 Å². The van der Waals surface area contributed by atoms with E-state index in [0.717, 1.165) is 36.7 Å². The second-order valence-electron chi connectivity index (χ2n) is 4.53. The van der Waals surface area contributed by atoms with Crippen molar-refractivity contribution in [3.8, 4) is 0 Å². The molecule has 0 amide bonds. The fourth-order valence-corrected chi connectivity index (χ4v) is 2.64. The number of nitrogens with zero attached hydrogens (tertiary/aromatic N) is 4. The van der Waals surface area contributed by atoms with Crippen LogP contribution < -0.4 is 10.6 Å². The zero-order valence-corrected chi connectivity index (χ0v) is 12.4. The van der Waals surface area contributed by atoms with Gasteiger partial charge in [0.15, 0.2) is 0 Å². The highest BCUT2D eigenvalue weighted by atomic mass is 32.1. The molecule has 0 saturated carbocycles. The summed E-state index contributed by atoms with van der Waals surface area (Å²) in [4.78, 5) is 16.4. The molecule has 2 aromatic heterocycles. The summed E-state index contributed by atoms with van der Waals surface area (Å²) >= 11 is 1.66. The van der Waals surface area contributed by atoms with Crippen molar-refractivity contribution in [2.24, 2.45) is 0 Å². The van der Waals surface area contributed by atoms with E-state index in [9.17, 15) is 0 Å². The predicted molar refractivity (Wildman–Crippen MR) is 79.4 cm³/mol. The lowest BCUT2D eigenvalue weighted by atomic mass is 10.3. The molecular formula is C13H19N5S. The SMILES string of the molecule is CCCc1nc(N)cc(N(C)Cc2scnc2C)n1. The number of hydrogen-bond acceptors (Lipinski definition) is 6. The van der Waals surface area contributed by atoms with Crippen LogP contribution in [0.25, 0.3) is 0 Å². The number of nitrogens with two attached hydrogens (primary N) is 1. The van der Waals surface area contributed by atoms with Gasteiger partial charge >= 0.3 is 0 Å². The Morgan fingerprint density at radius 3 is 2.79 bits per heavy atom. The second kappa shape index (κ2) is 5.97. The molecule has 0 fully saturated rings. The van der Waals surface area contributed by atoms with Crippen LogP contribution in [0, 0.1) is 6.92 Å². The standard InChI is InChI=1S/C13H19N5S/c1-4-5-12-16-11(14)6-13(17-12)18(3)7-10-9(2)15-8-19-10/h6,8H,4-5,7H2,1-3H3,(H2,14,16,17). The van der Waals surface area contributed by atoms with E-state index >= 15 is 0 Å². The molecule has 0 aromatic carbocycles. The topological polar surface area (TPSA) is 67.9 Å². The molecule has 0 spiro atoms. The van der Waals surface area contributed by atoms with Crippen molar-refractivity contribution in [3.63, 3.8) is 0 Å². The Bertz CT molecular complexity index is 552. The van der Waals surface area contributed by atoms with Crippen LogP contribution in [0.3, 0.4) is 0 Å². The van der Waals surface area contributed by atoms with Crippen molar-refractivity contribution in [3.05, 3.63) is 28.0 Å². The summed E-state index contributed by atoms with van der Waals surface area (Å²) in [7, 11) is 2.01. The number of aromatic nitrogens is 3. The normalized spacial score (nSPS) is 10.7. The van der Waals surface area contributed by atoms with Gasteiger partial charge in [0.05, 0.1) is 17.7 Å². The van der Waals surface area contributed by atoms with Crippen molar-refractivity contribution >= 4 is 23.0 Å². The van der Waals surface area contributed by atoms with Crippen LogP contribution in [-0.2, 0) is 13.0 Å². The van der Waals surface area contributed by atoms with Crippen LogP contribution in [0.15, 0.2) is 11.6 Å². The average Bonchev–Trinajstić information content (AvgIpc) is 2.75. The predicted octanol–water partition coefficient (Wildman–Crippen LogP) is 2.41. The lowest BCUT2D eigenvalue weighted by Crippen LogP contribution is -2.19. The monoisotopic (exact) mass is 277 g/mol. The summed E-state index contributed by atoms with van der Waals surface area (Å²) in [6.07, 6.45) is 1.87. The Labute approximate surface area is 117 Å². The molecule has 2 rings (SSSR count). The second-order valence-corrected chi connectivity index (χ2v) is 5.47. The fourth-order valence-electron chi connectivity index (χ4n) is 1.81. The van der Waals surface area contributed by atoms with Crippen molar-refractivity contribution < 1.29 is 0 Å². The number of hydrogen-bond donors (Lipinski definition) is 1. The van der Waals surface area contributed by atoms with Gasteiger partial charge in [0.25, 0.3) is 0 Å². The van der Waals surface area contributed by atoms with E-state index in [4.69, 9.17) is 5.73 Å². The smallest absolute Gasteiger partial charge is 0.134 e. The molecule has 5 nitrogen and oxygen atoms in total. The zero-order chi connectivity index (χ0) is 13.8. The number of anilines is 2. The average molecular weight is 277 g/mol. The van der Waals surface area contributed by atoms with E-state index < -0.39 is 0 Å². The van der Waals surface area contributed by atoms with Crippen LogP contribution in [0.1, 0.15) is 29.7 Å². The van der Waals surface area contributed by atoms with Crippen molar-refractivity contribution in [1.82, 2.24) is 15.0 Å². The first-order valence-electron chi connectivity index (χ1n) is 6.33. The molecular weight excluding hydrogens is 258 g/mol. The van der Waals surface area contributed by atoms with Gasteiger partial charge in [-0.2, -0.15) is 0 Å². The molecule has 6 heteroatoms. The van der Waals surface area contributed by atoms with Gasteiger partial charge in [-0.25, -0.2) is 15.0 Å². The fraction of sp³-hybridized carbons (Fsp3) is 0.462. The van der Waals surface area contributed by atoms with Gasteiger partial charge < -0.3 is 10.6 Å². The number of thiazole rings is 1. The van der Waals surface area contributed by atoms with Crippen LogP contribution in [-0.4, -0.2) is 22.0 Å². The molecule has 0 aliphatic rings. The number of aryl methyl sites for hydroxylation is 2. The largest absolute Gasteiger partial charge is 0.384 e. The first kappa shape index (κ1) is 13.7. The molecule has 0 atom stereocenters. The molecule has 0 unspecified atom stereocenters. The minimum absolute atomic E-state index is 0.529. The summed E-state index contributed by atoms with van der Waals surface area (Å²) in [6.45, 7) is 4.92. The van der Waals surface area contributed by atoms with Crippen LogP contribution in [0.5, 0.6) is 0 Å². The maximum Gasteiger partial charge on any atom is 0.134 e. The quantitative estimate of drug-likeness (QED) is 0.909. The van der Waals surface area contributed by atoms with Gasteiger partial charge in [0.1, 0.15) is 17.5 Å². The van der Waals surface area contributed by atoms with Crippen molar-refractivity contribution in [2.45, 2.75) is 33.2 Å². The van der Waals surface area contributed by atoms with Crippen molar-refractivity contribution in [1.29, 1.82) is 0 Å². The lowest BCUT2D eigenvalue weighted by Gasteiger charge is -2.18. The molecule has 2 aromatic rings. The van der Waals surface area contributed by atoms with Gasteiger partial charge in [-0.05, 0) is 13.3 Å². The van der Waals surface area contributed by atoms with Gasteiger partial charge in [-0.15, -0.1) is 11.3 Å².